The number of hydrogen-bond acceptors (Lipinski definition) is 6. The average molecular weight is 854 g/mol. The molecule has 0 saturated carbocycles. The largest absolute Gasteiger partial charge is 0.496 e. The van der Waals surface area contributed by atoms with Gasteiger partial charge < -0.3 is 14.4 Å². The van der Waals surface area contributed by atoms with Crippen LogP contribution in [0.15, 0.2) is 81.7 Å². The van der Waals surface area contributed by atoms with Crippen molar-refractivity contribution in [3.63, 3.8) is 0 Å². The topological polar surface area (TPSA) is 73.1 Å². The van der Waals surface area contributed by atoms with Gasteiger partial charge in [0.2, 0.25) is 0 Å². The van der Waals surface area contributed by atoms with Gasteiger partial charge in [-0.25, -0.2) is 4.99 Å². The second kappa shape index (κ2) is 14.2. The molecule has 0 fully saturated rings. The molecule has 0 spiro atoms. The zero-order valence-electron chi connectivity index (χ0n) is 24.6. The summed E-state index contributed by atoms with van der Waals surface area (Å²) in [5.74, 6) is 1.22. The first-order valence-corrected chi connectivity index (χ1v) is 17.3. The van der Waals surface area contributed by atoms with Crippen molar-refractivity contribution in [2.75, 3.05) is 20.2 Å². The molecule has 5 rings (SSSR count). The van der Waals surface area contributed by atoms with Crippen LogP contribution in [-0.4, -0.2) is 35.6 Å². The summed E-state index contributed by atoms with van der Waals surface area (Å²) in [6.07, 6.45) is 1.87. The Morgan fingerprint density at radius 2 is 1.75 bits per heavy atom. The molecule has 7 nitrogen and oxygen atoms in total. The van der Waals surface area contributed by atoms with Gasteiger partial charge in [-0.15, -0.1) is 0 Å². The number of hydrogen-bond donors (Lipinski definition) is 0. The molecule has 4 aromatic rings. The fourth-order valence-electron chi connectivity index (χ4n) is 5.18. The molecule has 1 aliphatic heterocycles. The first kappa shape index (κ1) is 32.7. The lowest BCUT2D eigenvalue weighted by atomic mass is 9.94. The van der Waals surface area contributed by atoms with Crippen LogP contribution < -0.4 is 24.4 Å². The summed E-state index contributed by atoms with van der Waals surface area (Å²) in [5.41, 5.74) is 3.35. The van der Waals surface area contributed by atoms with Crippen molar-refractivity contribution in [3.8, 4) is 11.5 Å². The van der Waals surface area contributed by atoms with Gasteiger partial charge in [0.05, 0.1) is 30.1 Å². The highest BCUT2D eigenvalue weighted by Gasteiger charge is 2.35. The zero-order valence-corrected chi connectivity index (χ0v) is 30.5. The van der Waals surface area contributed by atoms with E-state index < -0.39 is 6.04 Å². The number of likely N-dealkylation sites (N-methyl/N-ethyl adjacent to an activating group) is 1. The van der Waals surface area contributed by atoms with Crippen molar-refractivity contribution in [1.29, 1.82) is 0 Å². The van der Waals surface area contributed by atoms with Crippen LogP contribution >= 0.6 is 68.1 Å². The van der Waals surface area contributed by atoms with E-state index in [1.54, 1.807) is 16.6 Å². The molecule has 0 bridgehead atoms. The highest BCUT2D eigenvalue weighted by Crippen LogP contribution is 2.36. The third-order valence-electron chi connectivity index (χ3n) is 7.38. The number of benzene rings is 3. The fourth-order valence-corrected chi connectivity index (χ4v) is 8.54. The third kappa shape index (κ3) is 6.49. The molecule has 0 radical (unpaired) electrons. The van der Waals surface area contributed by atoms with Gasteiger partial charge in [-0.05, 0) is 102 Å². The molecule has 1 amide bonds. The van der Waals surface area contributed by atoms with E-state index in [9.17, 15) is 9.59 Å². The molecule has 1 aliphatic rings. The summed E-state index contributed by atoms with van der Waals surface area (Å²) in [6, 6.07) is 18.4. The summed E-state index contributed by atoms with van der Waals surface area (Å²) in [6.45, 7) is 7.17. The molecule has 1 aromatic heterocycles. The van der Waals surface area contributed by atoms with Crippen molar-refractivity contribution >= 4 is 80.1 Å². The standard InChI is InChI=1S/C33H30ClI2N3O4S/c1-5-38(6-2)32(41)28-19(3)37-33-39(29(28)22-12-8-10-14-26(22)42-4)31(40)27(44-33)17-20-15-24(35)30(25(36)16-20)43-18-21-11-7-9-13-23(21)34/h7-17,29H,5-6,18H2,1-4H3/b27-17+/t29-/m1/s1. The molecule has 0 saturated heterocycles. The SMILES string of the molecule is CCN(CC)C(=O)C1=C(C)N=c2s/c(=C/c3cc(I)c(OCc4ccccc4Cl)c(I)c3)c(=O)n2[C@@H]1c1ccccc1OC. The highest BCUT2D eigenvalue weighted by molar-refractivity contribution is 14.1. The van der Waals surface area contributed by atoms with E-state index in [1.807, 2.05) is 87.5 Å². The van der Waals surface area contributed by atoms with Crippen LogP contribution in [0.3, 0.4) is 0 Å². The summed E-state index contributed by atoms with van der Waals surface area (Å²) < 4.78 is 15.8. The first-order chi connectivity index (χ1) is 21.2. The second-order valence-electron chi connectivity index (χ2n) is 9.99. The molecule has 1 atom stereocenters. The predicted octanol–water partition coefficient (Wildman–Crippen LogP) is 6.55. The molecule has 228 valence electrons. The number of para-hydroxylation sites is 1. The van der Waals surface area contributed by atoms with Crippen LogP contribution in [0.4, 0.5) is 0 Å². The maximum atomic E-state index is 14.2. The van der Waals surface area contributed by atoms with Crippen LogP contribution in [0.5, 0.6) is 11.5 Å². The highest BCUT2D eigenvalue weighted by atomic mass is 127. The van der Waals surface area contributed by atoms with E-state index in [1.165, 1.54) is 11.3 Å². The third-order valence-corrected chi connectivity index (χ3v) is 10.3. The van der Waals surface area contributed by atoms with Crippen LogP contribution in [0.1, 0.15) is 43.5 Å². The van der Waals surface area contributed by atoms with Gasteiger partial charge in [0.25, 0.3) is 11.5 Å². The van der Waals surface area contributed by atoms with Gasteiger partial charge in [-0.3, -0.25) is 14.2 Å². The van der Waals surface area contributed by atoms with Crippen molar-refractivity contribution in [2.24, 2.45) is 4.99 Å². The Hall–Kier alpha value is -2.68. The predicted molar refractivity (Wildman–Crippen MR) is 192 cm³/mol. The quantitative estimate of drug-likeness (QED) is 0.179. The first-order valence-electron chi connectivity index (χ1n) is 14.0. The molecule has 11 heteroatoms. The number of methoxy groups -OCH3 is 1. The lowest BCUT2D eigenvalue weighted by Crippen LogP contribution is -2.43. The number of aromatic nitrogens is 1. The fraction of sp³-hybridized carbons (Fsp3) is 0.242. The van der Waals surface area contributed by atoms with E-state index in [0.29, 0.717) is 51.1 Å². The lowest BCUT2D eigenvalue weighted by molar-refractivity contribution is -0.127. The molecular formula is C33H30ClI2N3O4S. The smallest absolute Gasteiger partial charge is 0.271 e. The maximum absolute atomic E-state index is 14.2. The molecule has 0 aliphatic carbocycles. The number of nitrogens with zero attached hydrogens (tertiary/aromatic N) is 3. The lowest BCUT2D eigenvalue weighted by Gasteiger charge is -2.29. The number of fused-ring (bicyclic) bond motifs is 1. The number of rotatable bonds is 9. The molecule has 0 unspecified atom stereocenters. The zero-order chi connectivity index (χ0) is 31.5. The minimum atomic E-state index is -0.682. The molecule has 2 heterocycles. The van der Waals surface area contributed by atoms with Crippen molar-refractivity contribution in [2.45, 2.75) is 33.4 Å². The minimum absolute atomic E-state index is 0.141. The Labute approximate surface area is 292 Å². The summed E-state index contributed by atoms with van der Waals surface area (Å²) in [4.78, 5) is 35.1. The monoisotopic (exact) mass is 853 g/mol. The number of ether oxygens (including phenoxy) is 2. The van der Waals surface area contributed by atoms with Crippen molar-refractivity contribution in [1.82, 2.24) is 9.47 Å². The van der Waals surface area contributed by atoms with E-state index in [0.717, 1.165) is 29.6 Å². The summed E-state index contributed by atoms with van der Waals surface area (Å²) >= 11 is 12.1. The molecular weight excluding hydrogens is 824 g/mol. The van der Waals surface area contributed by atoms with E-state index in [2.05, 4.69) is 45.2 Å². The van der Waals surface area contributed by atoms with Gasteiger partial charge in [0.15, 0.2) is 4.80 Å². The second-order valence-corrected chi connectivity index (χ2v) is 13.7. The Morgan fingerprint density at radius 1 is 1.09 bits per heavy atom. The van der Waals surface area contributed by atoms with Crippen LogP contribution in [0.2, 0.25) is 5.02 Å². The average Bonchev–Trinajstić information content (AvgIpc) is 3.31. The Balaban J connectivity index is 1.60. The normalized spacial score (nSPS) is 14.7. The molecule has 3 aromatic carbocycles. The van der Waals surface area contributed by atoms with Gasteiger partial charge in [-0.2, -0.15) is 0 Å². The van der Waals surface area contributed by atoms with Crippen LogP contribution in [0.25, 0.3) is 6.08 Å². The maximum Gasteiger partial charge on any atom is 0.271 e. The van der Waals surface area contributed by atoms with E-state index >= 15 is 0 Å². The van der Waals surface area contributed by atoms with Crippen molar-refractivity contribution in [3.05, 3.63) is 120 Å². The van der Waals surface area contributed by atoms with Gasteiger partial charge in [-0.1, -0.05) is 59.3 Å². The van der Waals surface area contributed by atoms with Crippen LogP contribution in [-0.2, 0) is 11.4 Å². The summed E-state index contributed by atoms with van der Waals surface area (Å²) in [7, 11) is 1.59. The Morgan fingerprint density at radius 3 is 2.41 bits per heavy atom. The summed E-state index contributed by atoms with van der Waals surface area (Å²) in [5, 5.41) is 0.660. The minimum Gasteiger partial charge on any atom is -0.496 e. The van der Waals surface area contributed by atoms with Gasteiger partial charge in [0, 0.05) is 29.2 Å². The number of carbonyl (C=O) groups is 1. The van der Waals surface area contributed by atoms with Gasteiger partial charge in [0.1, 0.15) is 24.1 Å². The molecule has 0 N–H and O–H groups in total. The molecule has 44 heavy (non-hydrogen) atoms. The number of thiazole rings is 1. The van der Waals surface area contributed by atoms with Gasteiger partial charge >= 0.3 is 0 Å². The Bertz CT molecular complexity index is 1930. The number of amides is 1. The van der Waals surface area contributed by atoms with E-state index in [-0.39, 0.29) is 11.5 Å². The number of halogens is 3. The number of allylic oxidation sites excluding steroid dienone is 1. The Kier molecular flexibility index (Phi) is 10.5. The van der Waals surface area contributed by atoms with Crippen molar-refractivity contribution < 1.29 is 14.3 Å². The number of carbonyl (C=O) groups excluding carboxylic acids is 1. The van der Waals surface area contributed by atoms with Crippen LogP contribution in [0, 0.1) is 7.14 Å². The van der Waals surface area contributed by atoms with E-state index in [4.69, 9.17) is 26.1 Å².